The van der Waals surface area contributed by atoms with Crippen LogP contribution in [0.3, 0.4) is 0 Å². The van der Waals surface area contributed by atoms with Crippen LogP contribution in [-0.2, 0) is 16.8 Å². The molecule has 0 radical (unpaired) electrons. The Balaban J connectivity index is 2.57. The number of nitrogens with one attached hydrogen (secondary N) is 1. The van der Waals surface area contributed by atoms with Crippen molar-refractivity contribution in [2.45, 2.75) is 26.0 Å². The Morgan fingerprint density at radius 2 is 1.94 bits per heavy atom. The standard InChI is InChI=1S/C12H20N2O3S/c1-3-12(15)9-13-18(16,17)14(2)10-11-7-5-4-6-8-11/h4-8,12-13,15H,3,9-10H2,1-2H3. The minimum atomic E-state index is -3.54. The van der Waals surface area contributed by atoms with Crippen LogP contribution < -0.4 is 4.72 Å². The van der Waals surface area contributed by atoms with Crippen LogP contribution in [0.15, 0.2) is 30.3 Å². The van der Waals surface area contributed by atoms with E-state index in [-0.39, 0.29) is 6.54 Å². The molecule has 0 aromatic heterocycles. The summed E-state index contributed by atoms with van der Waals surface area (Å²) in [7, 11) is -2.03. The Bertz CT molecular complexity index is 448. The predicted molar refractivity (Wildman–Crippen MR) is 71.1 cm³/mol. The Kier molecular flexibility index (Phi) is 5.74. The smallest absolute Gasteiger partial charge is 0.279 e. The summed E-state index contributed by atoms with van der Waals surface area (Å²) < 4.78 is 27.3. The van der Waals surface area contributed by atoms with E-state index >= 15 is 0 Å². The van der Waals surface area contributed by atoms with Gasteiger partial charge >= 0.3 is 0 Å². The van der Waals surface area contributed by atoms with E-state index in [9.17, 15) is 13.5 Å². The highest BCUT2D eigenvalue weighted by atomic mass is 32.2. The molecule has 1 rings (SSSR count). The van der Waals surface area contributed by atoms with Crippen LogP contribution in [0.5, 0.6) is 0 Å². The number of benzene rings is 1. The molecule has 0 aliphatic heterocycles. The zero-order chi connectivity index (χ0) is 13.6. The van der Waals surface area contributed by atoms with Crippen molar-refractivity contribution < 1.29 is 13.5 Å². The third-order valence-corrected chi connectivity index (χ3v) is 4.11. The van der Waals surface area contributed by atoms with Gasteiger partial charge in [0.05, 0.1) is 6.10 Å². The maximum absolute atomic E-state index is 11.9. The van der Waals surface area contributed by atoms with Gasteiger partial charge in [0.15, 0.2) is 0 Å². The highest BCUT2D eigenvalue weighted by Crippen LogP contribution is 2.05. The van der Waals surface area contributed by atoms with E-state index in [1.807, 2.05) is 30.3 Å². The molecule has 0 aliphatic rings. The van der Waals surface area contributed by atoms with Crippen molar-refractivity contribution in [3.63, 3.8) is 0 Å². The molecule has 6 heteroatoms. The molecule has 0 saturated carbocycles. The van der Waals surface area contributed by atoms with Crippen molar-refractivity contribution in [1.82, 2.24) is 9.03 Å². The molecular weight excluding hydrogens is 252 g/mol. The highest BCUT2D eigenvalue weighted by Gasteiger charge is 2.18. The van der Waals surface area contributed by atoms with Crippen LogP contribution in [-0.4, -0.2) is 37.5 Å². The van der Waals surface area contributed by atoms with Crippen LogP contribution in [0.1, 0.15) is 18.9 Å². The van der Waals surface area contributed by atoms with Gasteiger partial charge < -0.3 is 5.11 Å². The number of nitrogens with zero attached hydrogens (tertiary/aromatic N) is 1. The van der Waals surface area contributed by atoms with Crippen molar-refractivity contribution in [1.29, 1.82) is 0 Å². The molecule has 1 aromatic rings. The van der Waals surface area contributed by atoms with Crippen molar-refractivity contribution >= 4 is 10.2 Å². The second-order valence-electron chi connectivity index (χ2n) is 4.16. The van der Waals surface area contributed by atoms with Gasteiger partial charge in [-0.05, 0) is 12.0 Å². The molecular formula is C12H20N2O3S. The van der Waals surface area contributed by atoms with E-state index in [1.54, 1.807) is 6.92 Å². The fraction of sp³-hybridized carbons (Fsp3) is 0.500. The van der Waals surface area contributed by atoms with E-state index < -0.39 is 16.3 Å². The third kappa shape index (κ3) is 4.73. The minimum absolute atomic E-state index is 0.0396. The molecule has 1 atom stereocenters. The summed E-state index contributed by atoms with van der Waals surface area (Å²) >= 11 is 0. The molecule has 0 fully saturated rings. The first kappa shape index (κ1) is 15.1. The van der Waals surface area contributed by atoms with Crippen molar-refractivity contribution in [3.05, 3.63) is 35.9 Å². The van der Waals surface area contributed by atoms with Crippen molar-refractivity contribution in [2.75, 3.05) is 13.6 Å². The molecule has 18 heavy (non-hydrogen) atoms. The van der Waals surface area contributed by atoms with E-state index in [0.717, 1.165) is 5.56 Å². The van der Waals surface area contributed by atoms with Gasteiger partial charge in [-0.1, -0.05) is 37.3 Å². The van der Waals surface area contributed by atoms with Crippen LogP contribution in [0.2, 0.25) is 0 Å². The Labute approximate surface area is 109 Å². The van der Waals surface area contributed by atoms with Gasteiger partial charge in [0.1, 0.15) is 0 Å². The molecule has 0 saturated heterocycles. The minimum Gasteiger partial charge on any atom is -0.392 e. The summed E-state index contributed by atoms with van der Waals surface area (Å²) in [5.41, 5.74) is 0.918. The zero-order valence-corrected chi connectivity index (χ0v) is 11.5. The average Bonchev–Trinajstić information content (AvgIpc) is 2.37. The lowest BCUT2D eigenvalue weighted by atomic mass is 10.2. The Morgan fingerprint density at radius 3 is 2.50 bits per heavy atom. The summed E-state index contributed by atoms with van der Waals surface area (Å²) in [6.07, 6.45) is -0.129. The molecule has 102 valence electrons. The van der Waals surface area contributed by atoms with Crippen molar-refractivity contribution in [2.24, 2.45) is 0 Å². The number of rotatable bonds is 7. The van der Waals surface area contributed by atoms with E-state index in [2.05, 4.69) is 4.72 Å². The summed E-state index contributed by atoms with van der Waals surface area (Å²) in [6, 6.07) is 9.35. The summed E-state index contributed by atoms with van der Waals surface area (Å²) in [5, 5.41) is 9.35. The molecule has 0 amide bonds. The topological polar surface area (TPSA) is 69.6 Å². The monoisotopic (exact) mass is 272 g/mol. The van der Waals surface area contributed by atoms with Gasteiger partial charge in [0.2, 0.25) is 0 Å². The molecule has 0 spiro atoms. The highest BCUT2D eigenvalue weighted by molar-refractivity contribution is 7.87. The first-order valence-electron chi connectivity index (χ1n) is 5.88. The first-order chi connectivity index (χ1) is 8.45. The summed E-state index contributed by atoms with van der Waals surface area (Å²) in [4.78, 5) is 0. The summed E-state index contributed by atoms with van der Waals surface area (Å²) in [6.45, 7) is 2.14. The molecule has 0 bridgehead atoms. The number of hydrogen-bond donors (Lipinski definition) is 2. The van der Waals surface area contributed by atoms with Crippen LogP contribution >= 0.6 is 0 Å². The van der Waals surface area contributed by atoms with Crippen LogP contribution in [0, 0.1) is 0 Å². The summed E-state index contributed by atoms with van der Waals surface area (Å²) in [5.74, 6) is 0. The first-order valence-corrected chi connectivity index (χ1v) is 7.32. The lowest BCUT2D eigenvalue weighted by molar-refractivity contribution is 0.173. The average molecular weight is 272 g/mol. The van der Waals surface area contributed by atoms with Gasteiger partial charge in [0, 0.05) is 20.1 Å². The lowest BCUT2D eigenvalue weighted by Crippen LogP contribution is -2.41. The lowest BCUT2D eigenvalue weighted by Gasteiger charge is -2.18. The van der Waals surface area contributed by atoms with Gasteiger partial charge in [-0.3, -0.25) is 0 Å². The Hall–Kier alpha value is -0.950. The van der Waals surface area contributed by atoms with Gasteiger partial charge in [-0.2, -0.15) is 17.4 Å². The maximum Gasteiger partial charge on any atom is 0.279 e. The van der Waals surface area contributed by atoms with Gasteiger partial charge in [-0.15, -0.1) is 0 Å². The van der Waals surface area contributed by atoms with E-state index in [1.165, 1.54) is 11.4 Å². The number of aliphatic hydroxyl groups excluding tert-OH is 1. The molecule has 2 N–H and O–H groups in total. The molecule has 1 aromatic carbocycles. The largest absolute Gasteiger partial charge is 0.392 e. The van der Waals surface area contributed by atoms with Crippen LogP contribution in [0.4, 0.5) is 0 Å². The predicted octanol–water partition coefficient (Wildman–Crippen LogP) is 0.724. The van der Waals surface area contributed by atoms with Gasteiger partial charge in [-0.25, -0.2) is 0 Å². The number of hydrogen-bond acceptors (Lipinski definition) is 3. The fourth-order valence-electron chi connectivity index (χ4n) is 1.38. The van der Waals surface area contributed by atoms with E-state index in [4.69, 9.17) is 0 Å². The Morgan fingerprint density at radius 1 is 1.33 bits per heavy atom. The maximum atomic E-state index is 11.9. The molecule has 1 unspecified atom stereocenters. The quantitative estimate of drug-likeness (QED) is 0.768. The normalized spacial score (nSPS) is 13.8. The van der Waals surface area contributed by atoms with Crippen molar-refractivity contribution in [3.8, 4) is 0 Å². The van der Waals surface area contributed by atoms with Gasteiger partial charge in [0.25, 0.3) is 10.2 Å². The molecule has 0 aliphatic carbocycles. The second kappa shape index (κ2) is 6.84. The molecule has 0 heterocycles. The SMILES string of the molecule is CCC(O)CNS(=O)(=O)N(C)Cc1ccccc1. The zero-order valence-electron chi connectivity index (χ0n) is 10.7. The van der Waals surface area contributed by atoms with E-state index in [0.29, 0.717) is 13.0 Å². The molecule has 5 nitrogen and oxygen atoms in total. The second-order valence-corrected chi connectivity index (χ2v) is 6.02. The number of aliphatic hydroxyl groups is 1. The van der Waals surface area contributed by atoms with Crippen LogP contribution in [0.25, 0.3) is 0 Å². The fourth-order valence-corrected chi connectivity index (χ4v) is 2.32. The third-order valence-electron chi connectivity index (χ3n) is 2.63.